The van der Waals surface area contributed by atoms with Gasteiger partial charge in [-0.3, -0.25) is 4.79 Å². The highest BCUT2D eigenvalue weighted by atomic mass is 16.5. The van der Waals surface area contributed by atoms with E-state index in [0.717, 1.165) is 5.56 Å². The number of rotatable bonds is 5. The third-order valence-corrected chi connectivity index (χ3v) is 2.00. The quantitative estimate of drug-likeness (QED) is 0.759. The number of carbonyl (C=O) groups is 1. The molecule has 0 bridgehead atoms. The molecule has 0 saturated carbocycles. The van der Waals surface area contributed by atoms with Crippen LogP contribution in [0.4, 0.5) is 0 Å². The Kier molecular flexibility index (Phi) is 3.82. The van der Waals surface area contributed by atoms with Gasteiger partial charge in [0.15, 0.2) is 0 Å². The van der Waals surface area contributed by atoms with Gasteiger partial charge in [0, 0.05) is 0 Å². The van der Waals surface area contributed by atoms with Gasteiger partial charge in [-0.05, 0) is 12.5 Å². The average Bonchev–Trinajstić information content (AvgIpc) is 2.19. The predicted molar refractivity (Wildman–Crippen MR) is 56.3 cm³/mol. The van der Waals surface area contributed by atoms with E-state index in [9.17, 15) is 4.79 Å². The van der Waals surface area contributed by atoms with E-state index in [1.165, 1.54) is 6.92 Å². The van der Waals surface area contributed by atoms with Gasteiger partial charge in [-0.15, -0.1) is 0 Å². The lowest BCUT2D eigenvalue weighted by Crippen LogP contribution is -2.48. The summed E-state index contributed by atoms with van der Waals surface area (Å²) in [6, 6.07) is 9.53. The van der Waals surface area contributed by atoms with Gasteiger partial charge in [0.2, 0.25) is 0 Å². The van der Waals surface area contributed by atoms with Crippen LogP contribution < -0.4 is 5.73 Å². The summed E-state index contributed by atoms with van der Waals surface area (Å²) in [5, 5.41) is 8.73. The van der Waals surface area contributed by atoms with Crippen LogP contribution in [0, 0.1) is 0 Å². The van der Waals surface area contributed by atoms with Gasteiger partial charge >= 0.3 is 5.97 Å². The van der Waals surface area contributed by atoms with Crippen molar-refractivity contribution in [2.45, 2.75) is 19.1 Å². The normalized spacial score (nSPS) is 14.5. The van der Waals surface area contributed by atoms with Crippen molar-refractivity contribution < 1.29 is 14.6 Å². The molecule has 0 aromatic heterocycles. The van der Waals surface area contributed by atoms with Crippen LogP contribution in [0.5, 0.6) is 0 Å². The Bertz CT molecular complexity index is 322. The number of carboxylic acid groups (broad SMARTS) is 1. The largest absolute Gasteiger partial charge is 0.480 e. The summed E-state index contributed by atoms with van der Waals surface area (Å²) >= 11 is 0. The second kappa shape index (κ2) is 4.91. The van der Waals surface area contributed by atoms with E-state index in [1.807, 2.05) is 30.3 Å². The summed E-state index contributed by atoms with van der Waals surface area (Å²) in [4.78, 5) is 10.7. The van der Waals surface area contributed by atoms with Crippen LogP contribution in [-0.4, -0.2) is 23.2 Å². The number of hydrogen-bond donors (Lipinski definition) is 2. The van der Waals surface area contributed by atoms with Crippen molar-refractivity contribution in [3.63, 3.8) is 0 Å². The molecule has 3 N–H and O–H groups in total. The Balaban J connectivity index is 2.37. The van der Waals surface area contributed by atoms with Crippen molar-refractivity contribution >= 4 is 5.97 Å². The minimum Gasteiger partial charge on any atom is -0.480 e. The molecule has 0 aliphatic rings. The first kappa shape index (κ1) is 11.7. The number of ether oxygens (including phenoxy) is 1. The number of aliphatic carboxylic acids is 1. The van der Waals surface area contributed by atoms with E-state index in [2.05, 4.69) is 0 Å². The molecule has 0 aliphatic heterocycles. The first-order valence-corrected chi connectivity index (χ1v) is 4.66. The molecule has 0 fully saturated rings. The highest BCUT2D eigenvalue weighted by Crippen LogP contribution is 2.04. The third-order valence-electron chi connectivity index (χ3n) is 2.00. The highest BCUT2D eigenvalue weighted by Gasteiger charge is 2.27. The van der Waals surface area contributed by atoms with Crippen molar-refractivity contribution in [3.05, 3.63) is 35.9 Å². The molecule has 0 radical (unpaired) electrons. The Morgan fingerprint density at radius 3 is 2.60 bits per heavy atom. The average molecular weight is 209 g/mol. The number of benzene rings is 1. The molecule has 4 heteroatoms. The topological polar surface area (TPSA) is 72.5 Å². The Labute approximate surface area is 88.7 Å². The van der Waals surface area contributed by atoms with Gasteiger partial charge in [0.05, 0.1) is 13.2 Å². The van der Waals surface area contributed by atoms with Gasteiger partial charge in [-0.1, -0.05) is 30.3 Å². The van der Waals surface area contributed by atoms with Crippen molar-refractivity contribution in [2.24, 2.45) is 5.73 Å². The van der Waals surface area contributed by atoms with Gasteiger partial charge in [0.25, 0.3) is 0 Å². The molecule has 0 aliphatic carbocycles. The summed E-state index contributed by atoms with van der Waals surface area (Å²) in [6.07, 6.45) is 0. The minimum absolute atomic E-state index is 0.00275. The van der Waals surface area contributed by atoms with Crippen LogP contribution in [0.3, 0.4) is 0 Å². The molecule has 15 heavy (non-hydrogen) atoms. The fourth-order valence-corrected chi connectivity index (χ4v) is 1.02. The predicted octanol–water partition coefficient (Wildman–Crippen LogP) is 1.01. The molecule has 1 aromatic rings. The van der Waals surface area contributed by atoms with Crippen LogP contribution in [0.25, 0.3) is 0 Å². The number of hydrogen-bond acceptors (Lipinski definition) is 3. The maximum atomic E-state index is 10.7. The highest BCUT2D eigenvalue weighted by molar-refractivity contribution is 5.77. The van der Waals surface area contributed by atoms with E-state index in [4.69, 9.17) is 15.6 Å². The number of nitrogens with two attached hydrogens (primary N) is 1. The lowest BCUT2D eigenvalue weighted by atomic mass is 10.1. The Hall–Kier alpha value is -1.39. The van der Waals surface area contributed by atoms with Crippen molar-refractivity contribution in [1.29, 1.82) is 0 Å². The van der Waals surface area contributed by atoms with Crippen molar-refractivity contribution in [1.82, 2.24) is 0 Å². The van der Waals surface area contributed by atoms with Gasteiger partial charge in [-0.25, -0.2) is 0 Å². The molecule has 1 unspecified atom stereocenters. The van der Waals surface area contributed by atoms with Crippen molar-refractivity contribution in [2.75, 3.05) is 6.61 Å². The molecule has 82 valence electrons. The van der Waals surface area contributed by atoms with E-state index < -0.39 is 11.5 Å². The second-order valence-electron chi connectivity index (χ2n) is 3.70. The molecule has 0 heterocycles. The first-order chi connectivity index (χ1) is 7.02. The van der Waals surface area contributed by atoms with Crippen LogP contribution in [-0.2, 0) is 16.1 Å². The third kappa shape index (κ3) is 3.69. The molecule has 4 nitrogen and oxygen atoms in total. The first-order valence-electron chi connectivity index (χ1n) is 4.66. The molecule has 0 spiro atoms. The molecule has 1 aromatic carbocycles. The van der Waals surface area contributed by atoms with Crippen LogP contribution in [0.15, 0.2) is 30.3 Å². The SMILES string of the molecule is CC(N)(COCc1ccccc1)C(=O)O. The molecule has 0 amide bonds. The maximum absolute atomic E-state index is 10.7. The van der Waals surface area contributed by atoms with E-state index in [0.29, 0.717) is 6.61 Å². The van der Waals surface area contributed by atoms with Crippen LogP contribution in [0.2, 0.25) is 0 Å². The van der Waals surface area contributed by atoms with Gasteiger partial charge < -0.3 is 15.6 Å². The molecule has 1 rings (SSSR count). The lowest BCUT2D eigenvalue weighted by molar-refractivity contribution is -0.145. The smallest absolute Gasteiger partial charge is 0.325 e. The zero-order valence-corrected chi connectivity index (χ0v) is 8.64. The summed E-state index contributed by atoms with van der Waals surface area (Å²) in [5.41, 5.74) is 5.17. The molecular formula is C11H15NO3. The van der Waals surface area contributed by atoms with Crippen LogP contribution >= 0.6 is 0 Å². The Morgan fingerprint density at radius 1 is 1.47 bits per heavy atom. The zero-order valence-electron chi connectivity index (χ0n) is 8.64. The molecule has 1 atom stereocenters. The lowest BCUT2D eigenvalue weighted by Gasteiger charge is -2.18. The zero-order chi connectivity index (χ0) is 11.3. The fraction of sp³-hybridized carbons (Fsp3) is 0.364. The van der Waals surface area contributed by atoms with Crippen LogP contribution in [0.1, 0.15) is 12.5 Å². The molecular weight excluding hydrogens is 194 g/mol. The summed E-state index contributed by atoms with van der Waals surface area (Å²) in [5.74, 6) is -1.06. The number of carboxylic acids is 1. The minimum atomic E-state index is -1.32. The maximum Gasteiger partial charge on any atom is 0.325 e. The summed E-state index contributed by atoms with van der Waals surface area (Å²) in [6.45, 7) is 1.80. The summed E-state index contributed by atoms with van der Waals surface area (Å²) in [7, 11) is 0. The van der Waals surface area contributed by atoms with E-state index >= 15 is 0 Å². The van der Waals surface area contributed by atoms with Gasteiger partial charge in [0.1, 0.15) is 5.54 Å². The van der Waals surface area contributed by atoms with E-state index in [-0.39, 0.29) is 6.61 Å². The molecule has 0 saturated heterocycles. The fourth-order valence-electron chi connectivity index (χ4n) is 1.02. The van der Waals surface area contributed by atoms with Gasteiger partial charge in [-0.2, -0.15) is 0 Å². The standard InChI is InChI=1S/C11H15NO3/c1-11(12,10(13)14)8-15-7-9-5-3-2-4-6-9/h2-6H,7-8,12H2,1H3,(H,13,14). The monoisotopic (exact) mass is 209 g/mol. The van der Waals surface area contributed by atoms with E-state index in [1.54, 1.807) is 0 Å². The van der Waals surface area contributed by atoms with Crippen molar-refractivity contribution in [3.8, 4) is 0 Å². The second-order valence-corrected chi connectivity index (χ2v) is 3.70. The Morgan fingerprint density at radius 2 is 2.07 bits per heavy atom. The summed E-state index contributed by atoms with van der Waals surface area (Å²) < 4.78 is 5.24.